The minimum absolute atomic E-state index is 0.0140. The van der Waals surface area contributed by atoms with E-state index in [4.69, 9.17) is 20.9 Å². The molecule has 0 spiro atoms. The summed E-state index contributed by atoms with van der Waals surface area (Å²) in [5, 5.41) is 35.6. The normalized spacial score (nSPS) is 24.3. The van der Waals surface area contributed by atoms with Crippen molar-refractivity contribution in [3.63, 3.8) is 0 Å². The number of amides is 7. The molecule has 1 aliphatic rings. The Morgan fingerprint density at radius 1 is 0.829 bits per heavy atom. The van der Waals surface area contributed by atoms with Crippen molar-refractivity contribution in [3.8, 4) is 5.75 Å². The molecule has 12 N–H and O–H groups in total. The average molecular weight is 1060 g/mol. The van der Waals surface area contributed by atoms with E-state index in [0.717, 1.165) is 17.6 Å². The number of nitrogens with one attached hydrogen (secondary N) is 6. The van der Waals surface area contributed by atoms with Gasteiger partial charge in [-0.15, -0.1) is 0 Å². The fraction of sp³-hybridized carbons (Fsp3) is 0.472. The zero-order valence-electron chi connectivity index (χ0n) is 44.3. The molecule has 23 nitrogen and oxygen atoms in total. The molecule has 10 unspecified atom stereocenters. The van der Waals surface area contributed by atoms with Crippen molar-refractivity contribution in [3.05, 3.63) is 102 Å². The molecule has 0 bridgehead atoms. The van der Waals surface area contributed by atoms with Crippen LogP contribution in [0.25, 0.3) is 0 Å². The predicted molar refractivity (Wildman–Crippen MR) is 281 cm³/mol. The van der Waals surface area contributed by atoms with Crippen LogP contribution in [0.5, 0.6) is 5.75 Å². The Bertz CT molecular complexity index is 2480. The van der Waals surface area contributed by atoms with Gasteiger partial charge in [0.25, 0.3) is 5.91 Å². The number of methoxy groups -OCH3 is 2. The SMILES string of the molecule is C=C1C(=O)NC(C)C(=O)NC(Cc2ccc(O)cc2)C(=O)NC(C(=O)O)C(C)C(=O)NC(CCCN=C(N)N)C(=O)NC(C=CC(C)=CC(C)C(Cc2ccccc2)OC)C(C)C(=O)NC(C(=O)OC)CCC(=O)N1C. The van der Waals surface area contributed by atoms with Gasteiger partial charge >= 0.3 is 11.9 Å². The van der Waals surface area contributed by atoms with E-state index in [1.54, 1.807) is 19.3 Å². The maximum atomic E-state index is 14.5. The number of carbonyl (C=O) groups excluding carboxylic acids is 8. The molecule has 0 radical (unpaired) electrons. The van der Waals surface area contributed by atoms with Crippen molar-refractivity contribution in [1.82, 2.24) is 36.8 Å². The second-order valence-corrected chi connectivity index (χ2v) is 18.7. The van der Waals surface area contributed by atoms with E-state index in [2.05, 4.69) is 43.5 Å². The highest BCUT2D eigenvalue weighted by atomic mass is 16.5. The second-order valence-electron chi connectivity index (χ2n) is 18.7. The van der Waals surface area contributed by atoms with Gasteiger partial charge in [0.2, 0.25) is 35.4 Å². The highest BCUT2D eigenvalue weighted by Crippen LogP contribution is 2.19. The van der Waals surface area contributed by atoms with E-state index in [0.29, 0.717) is 17.6 Å². The Kier molecular flexibility index (Phi) is 24.8. The van der Waals surface area contributed by atoms with Gasteiger partial charge < -0.3 is 68.0 Å². The topological polar surface area (TPSA) is 352 Å². The van der Waals surface area contributed by atoms with Crippen LogP contribution in [0.4, 0.5) is 0 Å². The molecule has 2 aromatic carbocycles. The van der Waals surface area contributed by atoms with E-state index in [1.165, 1.54) is 52.1 Å². The van der Waals surface area contributed by atoms with E-state index in [9.17, 15) is 53.4 Å². The molecule has 0 aromatic heterocycles. The van der Waals surface area contributed by atoms with Crippen LogP contribution in [0.2, 0.25) is 0 Å². The molecule has 1 heterocycles. The molecule has 1 aliphatic heterocycles. The summed E-state index contributed by atoms with van der Waals surface area (Å²) in [5.74, 6) is -12.0. The van der Waals surface area contributed by atoms with Gasteiger partial charge in [-0.1, -0.05) is 93.6 Å². The van der Waals surface area contributed by atoms with Gasteiger partial charge in [-0.25, -0.2) is 9.59 Å². The number of likely N-dealkylation sites (N-methyl/N-ethyl adjacent to an activating group) is 1. The number of esters is 1. The molecule has 1 fully saturated rings. The van der Waals surface area contributed by atoms with Crippen LogP contribution in [0, 0.1) is 17.8 Å². The van der Waals surface area contributed by atoms with E-state index in [1.807, 2.05) is 50.3 Å². The zero-order valence-corrected chi connectivity index (χ0v) is 44.3. The number of aromatic hydroxyl groups is 1. The largest absolute Gasteiger partial charge is 0.508 e. The quantitative estimate of drug-likeness (QED) is 0.0292. The summed E-state index contributed by atoms with van der Waals surface area (Å²) in [6.07, 6.45) is 4.58. The number of carboxylic acid groups (broad SMARTS) is 1. The Labute approximate surface area is 442 Å². The summed E-state index contributed by atoms with van der Waals surface area (Å²) < 4.78 is 10.8. The standard InChI is InChI=1S/C53H74N10O13/c1-29(26-30(2)42(75-8)28-35-14-11-10-12-15-35)17-22-38-31(3)45(66)60-40(52(74)76-9)23-24-43(65)63(7)34(6)48(69)57-33(5)47(68)61-41(27-36-18-20-37(64)21-19-36)50(71)62-44(51(72)73)32(4)46(67)59-39(49(70)58-38)16-13-25-56-53(54)55/h10-12,14-15,17-22,26,30-33,38-42,44,64H,6,13,16,23-25,27-28H2,1-5,7-9H3,(H,57,69)(H,58,70)(H,59,67)(H,60,66)(H,61,68)(H,62,71)(H,72,73)(H4,54,55,56). The van der Waals surface area contributed by atoms with Gasteiger partial charge in [-0.05, 0) is 62.8 Å². The minimum Gasteiger partial charge on any atom is -0.508 e. The Morgan fingerprint density at radius 2 is 1.45 bits per heavy atom. The third-order valence-corrected chi connectivity index (χ3v) is 12.8. The van der Waals surface area contributed by atoms with Gasteiger partial charge in [0.05, 0.1) is 31.1 Å². The molecule has 1 saturated heterocycles. The maximum Gasteiger partial charge on any atom is 0.328 e. The molecule has 0 aliphatic carbocycles. The number of guanidine groups is 1. The lowest BCUT2D eigenvalue weighted by Crippen LogP contribution is -2.59. The highest BCUT2D eigenvalue weighted by Gasteiger charge is 2.37. The fourth-order valence-electron chi connectivity index (χ4n) is 7.96. The molecule has 3 rings (SSSR count). The summed E-state index contributed by atoms with van der Waals surface area (Å²) >= 11 is 0. The third kappa shape index (κ3) is 19.6. The van der Waals surface area contributed by atoms with Crippen molar-refractivity contribution in [1.29, 1.82) is 0 Å². The number of ether oxygens (including phenoxy) is 2. The molecule has 10 atom stereocenters. The molecular formula is C53H74N10O13. The molecule has 7 amide bonds. The van der Waals surface area contributed by atoms with E-state index < -0.39 is 113 Å². The van der Waals surface area contributed by atoms with Gasteiger partial charge in [-0.2, -0.15) is 0 Å². The van der Waals surface area contributed by atoms with Crippen LogP contribution in [0.15, 0.2) is 95.7 Å². The lowest BCUT2D eigenvalue weighted by Gasteiger charge is -2.28. The van der Waals surface area contributed by atoms with Gasteiger partial charge in [-0.3, -0.25) is 38.6 Å². The number of allylic oxidation sites excluding steroid dienone is 2. The number of hydrogen-bond donors (Lipinski definition) is 10. The minimum atomic E-state index is -1.95. The molecule has 23 heteroatoms. The number of nitrogens with zero attached hydrogens (tertiary/aromatic N) is 2. The fourth-order valence-corrected chi connectivity index (χ4v) is 7.96. The van der Waals surface area contributed by atoms with Crippen LogP contribution in [-0.2, 0) is 65.5 Å². The smallest absolute Gasteiger partial charge is 0.328 e. The molecular weight excluding hydrogens is 985 g/mol. The van der Waals surface area contributed by atoms with Crippen molar-refractivity contribution in [2.24, 2.45) is 34.2 Å². The Hall–Kier alpha value is -8.08. The number of rotatable bonds is 15. The van der Waals surface area contributed by atoms with Crippen LogP contribution in [-0.4, -0.2) is 145 Å². The van der Waals surface area contributed by atoms with E-state index in [-0.39, 0.29) is 56.0 Å². The summed E-state index contributed by atoms with van der Waals surface area (Å²) in [5.41, 5.74) is 12.9. The first kappa shape index (κ1) is 62.2. The summed E-state index contributed by atoms with van der Waals surface area (Å²) in [4.78, 5) is 128. The van der Waals surface area contributed by atoms with Crippen molar-refractivity contribution in [2.45, 2.75) is 115 Å². The maximum absolute atomic E-state index is 14.5. The van der Waals surface area contributed by atoms with Gasteiger partial charge in [0.15, 0.2) is 5.96 Å². The molecule has 414 valence electrons. The number of carboxylic acids is 1. The van der Waals surface area contributed by atoms with Gasteiger partial charge in [0, 0.05) is 39.5 Å². The summed E-state index contributed by atoms with van der Waals surface area (Å²) in [6.45, 7) is 11.4. The third-order valence-electron chi connectivity index (χ3n) is 12.8. The van der Waals surface area contributed by atoms with Crippen LogP contribution in [0.3, 0.4) is 0 Å². The zero-order chi connectivity index (χ0) is 56.8. The summed E-state index contributed by atoms with van der Waals surface area (Å²) in [7, 11) is 3.93. The number of phenols is 1. The number of nitrogens with two attached hydrogens (primary N) is 2. The lowest BCUT2D eigenvalue weighted by atomic mass is 9.94. The van der Waals surface area contributed by atoms with E-state index >= 15 is 0 Å². The first-order chi connectivity index (χ1) is 35.9. The van der Waals surface area contributed by atoms with Crippen molar-refractivity contribution >= 4 is 59.2 Å². The van der Waals surface area contributed by atoms with Gasteiger partial charge in [0.1, 0.15) is 41.7 Å². The number of aliphatic carboxylic acids is 1. The Balaban J connectivity index is 2.16. The Morgan fingerprint density at radius 3 is 2.05 bits per heavy atom. The number of hydrogen-bond acceptors (Lipinski definition) is 13. The van der Waals surface area contributed by atoms with Crippen LogP contribution < -0.4 is 43.4 Å². The van der Waals surface area contributed by atoms with Crippen LogP contribution in [0.1, 0.15) is 71.4 Å². The monoisotopic (exact) mass is 1060 g/mol. The van der Waals surface area contributed by atoms with Crippen molar-refractivity contribution < 1.29 is 62.8 Å². The number of carbonyl (C=O) groups is 9. The molecule has 2 aromatic rings. The summed E-state index contributed by atoms with van der Waals surface area (Å²) in [6, 6.07) is 6.47. The second kappa shape index (κ2) is 30.3. The number of aliphatic imine (C=N–C) groups is 1. The number of benzene rings is 2. The first-order valence-electron chi connectivity index (χ1n) is 24.7. The first-order valence-corrected chi connectivity index (χ1v) is 24.7. The lowest BCUT2D eigenvalue weighted by molar-refractivity contribution is -0.147. The highest BCUT2D eigenvalue weighted by molar-refractivity contribution is 6.00. The molecule has 0 saturated carbocycles. The molecule has 76 heavy (non-hydrogen) atoms. The van der Waals surface area contributed by atoms with Crippen LogP contribution >= 0.6 is 0 Å². The number of phenolic OH excluding ortho intramolecular Hbond substituents is 1. The van der Waals surface area contributed by atoms with Crippen molar-refractivity contribution in [2.75, 3.05) is 27.8 Å². The average Bonchev–Trinajstić information content (AvgIpc) is 3.38. The predicted octanol–water partition coefficient (Wildman–Crippen LogP) is 0.609.